The zero-order valence-electron chi connectivity index (χ0n) is 8.78. The van der Waals surface area contributed by atoms with Crippen LogP contribution in [0.5, 0.6) is 0 Å². The van der Waals surface area contributed by atoms with Crippen molar-refractivity contribution < 1.29 is 8.42 Å². The van der Waals surface area contributed by atoms with Gasteiger partial charge < -0.3 is 0 Å². The van der Waals surface area contributed by atoms with Gasteiger partial charge in [0.15, 0.2) is 5.75 Å². The normalized spacial score (nSPS) is 11.6. The summed E-state index contributed by atoms with van der Waals surface area (Å²) in [7, 11) is -3.34. The maximum atomic E-state index is 11.0. The summed E-state index contributed by atoms with van der Waals surface area (Å²) in [6.07, 6.45) is 2.97. The minimum Gasteiger partial charge on any atom is -0.214 e. The smallest absolute Gasteiger partial charge is 0.214 e. The fourth-order valence-corrected chi connectivity index (χ4v) is 1.77. The van der Waals surface area contributed by atoms with Crippen LogP contribution in [0.3, 0.4) is 0 Å². The number of hydrogen-bond donors (Lipinski definition) is 1. The van der Waals surface area contributed by atoms with Gasteiger partial charge >= 0.3 is 0 Å². The van der Waals surface area contributed by atoms with Crippen LogP contribution in [0, 0.1) is 17.2 Å². The predicted octanol–water partition coefficient (Wildman–Crippen LogP) is 1.26. The molecule has 0 aromatic heterocycles. The summed E-state index contributed by atoms with van der Waals surface area (Å²) < 4.78 is 24.4. The summed E-state index contributed by atoms with van der Waals surface area (Å²) in [6.45, 7) is 4.72. The minimum absolute atomic E-state index is 0.441. The molecule has 0 heterocycles. The molecule has 0 rings (SSSR count). The van der Waals surface area contributed by atoms with Gasteiger partial charge in [0.2, 0.25) is 10.0 Å². The molecule has 1 N–H and O–H groups in total. The molecule has 0 aliphatic heterocycles. The lowest BCUT2D eigenvalue weighted by Crippen LogP contribution is -2.26. The van der Waals surface area contributed by atoms with Crippen molar-refractivity contribution in [2.45, 2.75) is 33.1 Å². The van der Waals surface area contributed by atoms with Crippen LogP contribution in [0.25, 0.3) is 0 Å². The van der Waals surface area contributed by atoms with Gasteiger partial charge in [-0.15, -0.1) is 0 Å². The van der Waals surface area contributed by atoms with E-state index >= 15 is 0 Å². The largest absolute Gasteiger partial charge is 0.225 e. The zero-order chi connectivity index (χ0) is 11.0. The number of nitrogens with zero attached hydrogens (tertiary/aromatic N) is 1. The molecule has 0 atom stereocenters. The Bertz CT molecular complexity index is 278. The number of hydrogen-bond acceptors (Lipinski definition) is 3. The molecule has 82 valence electrons. The summed E-state index contributed by atoms with van der Waals surface area (Å²) in [5, 5.41) is 8.21. The van der Waals surface area contributed by atoms with Crippen molar-refractivity contribution in [3.05, 3.63) is 0 Å². The Kier molecular flexibility index (Phi) is 6.50. The van der Waals surface area contributed by atoms with Crippen LogP contribution in [0.4, 0.5) is 0 Å². The third-order valence-electron chi connectivity index (χ3n) is 1.78. The van der Waals surface area contributed by atoms with E-state index in [2.05, 4.69) is 18.6 Å². The minimum atomic E-state index is -3.34. The van der Waals surface area contributed by atoms with Gasteiger partial charge in [-0.3, -0.25) is 0 Å². The molecular weight excluding hydrogens is 200 g/mol. The van der Waals surface area contributed by atoms with Gasteiger partial charge in [-0.05, 0) is 12.3 Å². The number of rotatable bonds is 7. The van der Waals surface area contributed by atoms with Crippen molar-refractivity contribution in [3.63, 3.8) is 0 Å². The van der Waals surface area contributed by atoms with Gasteiger partial charge in [0, 0.05) is 6.54 Å². The number of sulfonamides is 1. The summed E-state index contributed by atoms with van der Waals surface area (Å²) in [5.41, 5.74) is 0. The predicted molar refractivity (Wildman–Crippen MR) is 56.1 cm³/mol. The Morgan fingerprint density at radius 2 is 2.00 bits per heavy atom. The van der Waals surface area contributed by atoms with Crippen LogP contribution in [-0.2, 0) is 10.0 Å². The molecule has 0 fully saturated rings. The first kappa shape index (κ1) is 13.4. The van der Waals surface area contributed by atoms with Gasteiger partial charge in [0.05, 0.1) is 6.07 Å². The highest BCUT2D eigenvalue weighted by Gasteiger charge is 2.07. The Morgan fingerprint density at radius 1 is 1.36 bits per heavy atom. The summed E-state index contributed by atoms with van der Waals surface area (Å²) in [5.74, 6) is 0.211. The summed E-state index contributed by atoms with van der Waals surface area (Å²) in [6, 6.07) is 1.62. The lowest BCUT2D eigenvalue weighted by Gasteiger charge is -2.05. The maximum absolute atomic E-state index is 11.0. The molecular formula is C9H18N2O2S. The molecule has 0 aromatic carbocycles. The van der Waals surface area contributed by atoms with Crippen LogP contribution in [0.15, 0.2) is 0 Å². The number of nitrogens with one attached hydrogen (secondary N) is 1. The van der Waals surface area contributed by atoms with Crippen LogP contribution in [0.1, 0.15) is 33.1 Å². The number of unbranched alkanes of at least 4 members (excludes halogenated alkanes) is 1. The molecule has 0 bridgehead atoms. The van der Waals surface area contributed by atoms with Crippen molar-refractivity contribution in [2.75, 3.05) is 12.3 Å². The van der Waals surface area contributed by atoms with Gasteiger partial charge in [0.1, 0.15) is 0 Å². The van der Waals surface area contributed by atoms with Crippen molar-refractivity contribution in [1.82, 2.24) is 4.72 Å². The lowest BCUT2D eigenvalue weighted by molar-refractivity contribution is 0.531. The molecule has 4 nitrogen and oxygen atoms in total. The third kappa shape index (κ3) is 8.02. The van der Waals surface area contributed by atoms with Crippen LogP contribution in [0.2, 0.25) is 0 Å². The van der Waals surface area contributed by atoms with Crippen LogP contribution in [-0.4, -0.2) is 20.7 Å². The molecule has 14 heavy (non-hydrogen) atoms. The Balaban J connectivity index is 3.51. The van der Waals surface area contributed by atoms with Crippen LogP contribution >= 0.6 is 0 Å². The highest BCUT2D eigenvalue weighted by Crippen LogP contribution is 2.05. The Hall–Kier alpha value is -0.600. The number of nitriles is 1. The molecule has 0 amide bonds. The average molecular weight is 218 g/mol. The molecule has 0 saturated heterocycles. The van der Waals surface area contributed by atoms with E-state index in [0.29, 0.717) is 12.5 Å². The first-order valence-electron chi connectivity index (χ1n) is 4.82. The standard InChI is InChI=1S/C9H18N2O2S/c1-9(2)5-3-4-7-11-14(12,13)8-6-10/h9,11H,3-5,7-8H2,1-2H3. The molecule has 5 heteroatoms. The van der Waals surface area contributed by atoms with Gasteiger partial charge in [0.25, 0.3) is 0 Å². The van der Waals surface area contributed by atoms with Crippen molar-refractivity contribution >= 4 is 10.0 Å². The van der Waals surface area contributed by atoms with Gasteiger partial charge in [-0.25, -0.2) is 13.1 Å². The first-order chi connectivity index (χ1) is 6.48. The molecule has 0 unspecified atom stereocenters. The third-order valence-corrected chi connectivity index (χ3v) is 2.94. The highest BCUT2D eigenvalue weighted by atomic mass is 32.2. The van der Waals surface area contributed by atoms with Crippen molar-refractivity contribution in [1.29, 1.82) is 5.26 Å². The molecule has 0 aliphatic rings. The van der Waals surface area contributed by atoms with E-state index in [9.17, 15) is 8.42 Å². The van der Waals surface area contributed by atoms with E-state index in [1.54, 1.807) is 6.07 Å². The summed E-state index contributed by atoms with van der Waals surface area (Å²) >= 11 is 0. The highest BCUT2D eigenvalue weighted by molar-refractivity contribution is 7.89. The van der Waals surface area contributed by atoms with Crippen LogP contribution < -0.4 is 4.72 Å². The molecule has 0 radical (unpaired) electrons. The van der Waals surface area contributed by atoms with E-state index < -0.39 is 15.8 Å². The van der Waals surface area contributed by atoms with Crippen molar-refractivity contribution in [2.24, 2.45) is 5.92 Å². The van der Waals surface area contributed by atoms with Gasteiger partial charge in [-0.2, -0.15) is 5.26 Å². The zero-order valence-corrected chi connectivity index (χ0v) is 9.60. The van der Waals surface area contributed by atoms with E-state index in [1.807, 2.05) is 0 Å². The molecule has 0 spiro atoms. The topological polar surface area (TPSA) is 70.0 Å². The van der Waals surface area contributed by atoms with E-state index in [4.69, 9.17) is 5.26 Å². The van der Waals surface area contributed by atoms with E-state index in [1.165, 1.54) is 0 Å². The maximum Gasteiger partial charge on any atom is 0.225 e. The van der Waals surface area contributed by atoms with Crippen molar-refractivity contribution in [3.8, 4) is 6.07 Å². The van der Waals surface area contributed by atoms with Gasteiger partial charge in [-0.1, -0.05) is 26.7 Å². The molecule has 0 aliphatic carbocycles. The molecule has 0 saturated carbocycles. The van der Waals surface area contributed by atoms with E-state index in [0.717, 1.165) is 19.3 Å². The second kappa shape index (κ2) is 6.80. The van der Waals surface area contributed by atoms with E-state index in [-0.39, 0.29) is 0 Å². The second-order valence-corrected chi connectivity index (χ2v) is 5.51. The first-order valence-corrected chi connectivity index (χ1v) is 6.47. The Labute approximate surface area is 86.4 Å². The Morgan fingerprint density at radius 3 is 2.50 bits per heavy atom. The summed E-state index contributed by atoms with van der Waals surface area (Å²) in [4.78, 5) is 0. The fourth-order valence-electron chi connectivity index (χ4n) is 1.04. The molecule has 0 aromatic rings. The second-order valence-electron chi connectivity index (χ2n) is 3.70. The monoisotopic (exact) mass is 218 g/mol. The average Bonchev–Trinajstić information content (AvgIpc) is 2.02. The quantitative estimate of drug-likeness (QED) is 0.654. The fraction of sp³-hybridized carbons (Fsp3) is 0.889. The SMILES string of the molecule is CC(C)CCCCNS(=O)(=O)CC#N. The lowest BCUT2D eigenvalue weighted by atomic mass is 10.1.